The first-order valence-corrected chi connectivity index (χ1v) is 7.20. The number of hydrogen-bond acceptors (Lipinski definition) is 3. The van der Waals surface area contributed by atoms with Crippen molar-refractivity contribution < 1.29 is 8.42 Å². The van der Waals surface area contributed by atoms with Crippen LogP contribution in [0.25, 0.3) is 0 Å². The van der Waals surface area contributed by atoms with Crippen LogP contribution >= 0.6 is 0 Å². The molecule has 0 aliphatic rings. The minimum absolute atomic E-state index is 0.0557. The van der Waals surface area contributed by atoms with Crippen LogP contribution in [-0.4, -0.2) is 18.4 Å². The molecule has 2 aromatic rings. The standard InChI is InChI=1S/C12H15N3O2S/c1-2-3-10-4-6-11(7-5-10)15-18(16,17)12-8-13-9-14-12/h4-9,15H,2-3H2,1H3,(H,13,14). The Hall–Kier alpha value is -1.82. The van der Waals surface area contributed by atoms with Crippen molar-refractivity contribution in [1.29, 1.82) is 0 Å². The normalized spacial score (nSPS) is 11.4. The van der Waals surface area contributed by atoms with Crippen molar-refractivity contribution in [2.24, 2.45) is 0 Å². The molecule has 1 aromatic heterocycles. The number of aryl methyl sites for hydroxylation is 1. The van der Waals surface area contributed by atoms with Crippen LogP contribution in [0.15, 0.2) is 41.8 Å². The molecule has 96 valence electrons. The highest BCUT2D eigenvalue weighted by atomic mass is 32.2. The highest BCUT2D eigenvalue weighted by Gasteiger charge is 2.15. The Morgan fingerprint density at radius 3 is 2.56 bits per heavy atom. The molecule has 0 fully saturated rings. The van der Waals surface area contributed by atoms with E-state index >= 15 is 0 Å². The fourth-order valence-electron chi connectivity index (χ4n) is 1.63. The van der Waals surface area contributed by atoms with E-state index in [4.69, 9.17) is 0 Å². The van der Waals surface area contributed by atoms with E-state index in [1.807, 2.05) is 12.1 Å². The third-order valence-electron chi connectivity index (χ3n) is 2.51. The second kappa shape index (κ2) is 5.22. The van der Waals surface area contributed by atoms with Crippen LogP contribution < -0.4 is 4.72 Å². The summed E-state index contributed by atoms with van der Waals surface area (Å²) in [6.45, 7) is 2.11. The van der Waals surface area contributed by atoms with Gasteiger partial charge in [0.2, 0.25) is 0 Å². The number of hydrogen-bond donors (Lipinski definition) is 2. The predicted molar refractivity (Wildman–Crippen MR) is 69.8 cm³/mol. The molecule has 0 aliphatic heterocycles. The maximum atomic E-state index is 11.9. The first kappa shape index (κ1) is 12.6. The highest BCUT2D eigenvalue weighted by molar-refractivity contribution is 7.92. The molecule has 0 atom stereocenters. The number of imidazole rings is 1. The molecule has 0 amide bonds. The lowest BCUT2D eigenvalue weighted by molar-refractivity contribution is 0.598. The highest BCUT2D eigenvalue weighted by Crippen LogP contribution is 2.15. The van der Waals surface area contributed by atoms with Crippen molar-refractivity contribution >= 4 is 15.7 Å². The van der Waals surface area contributed by atoms with Crippen molar-refractivity contribution in [3.8, 4) is 0 Å². The van der Waals surface area contributed by atoms with Gasteiger partial charge in [-0.25, -0.2) is 4.98 Å². The van der Waals surface area contributed by atoms with E-state index in [9.17, 15) is 8.42 Å². The van der Waals surface area contributed by atoms with Crippen LogP contribution in [0.1, 0.15) is 18.9 Å². The van der Waals surface area contributed by atoms with E-state index in [0.29, 0.717) is 5.69 Å². The molecule has 0 unspecified atom stereocenters. The second-order valence-corrected chi connectivity index (χ2v) is 5.62. The largest absolute Gasteiger partial charge is 0.334 e. The molecule has 2 N–H and O–H groups in total. The van der Waals surface area contributed by atoms with Gasteiger partial charge in [0.15, 0.2) is 5.03 Å². The van der Waals surface area contributed by atoms with Crippen LogP contribution in [0, 0.1) is 0 Å². The van der Waals surface area contributed by atoms with E-state index < -0.39 is 10.0 Å². The Labute approximate surface area is 106 Å². The molecule has 2 rings (SSSR count). The molecule has 6 heteroatoms. The van der Waals surface area contributed by atoms with Gasteiger partial charge < -0.3 is 4.98 Å². The Bertz CT molecular complexity index is 589. The first-order valence-electron chi connectivity index (χ1n) is 5.72. The zero-order valence-corrected chi connectivity index (χ0v) is 10.9. The first-order chi connectivity index (χ1) is 8.62. The van der Waals surface area contributed by atoms with Gasteiger partial charge in [0, 0.05) is 5.69 Å². The topological polar surface area (TPSA) is 74.8 Å². The summed E-state index contributed by atoms with van der Waals surface area (Å²) in [5.74, 6) is 0. The number of rotatable bonds is 5. The van der Waals surface area contributed by atoms with Crippen LogP contribution in [0.5, 0.6) is 0 Å². The summed E-state index contributed by atoms with van der Waals surface area (Å²) in [5.41, 5.74) is 1.74. The molecule has 0 bridgehead atoms. The van der Waals surface area contributed by atoms with Gasteiger partial charge >= 0.3 is 0 Å². The Balaban J connectivity index is 2.14. The third kappa shape index (κ3) is 2.89. The maximum Gasteiger partial charge on any atom is 0.278 e. The summed E-state index contributed by atoms with van der Waals surface area (Å²) in [6, 6.07) is 7.38. The van der Waals surface area contributed by atoms with Crippen LogP contribution in [-0.2, 0) is 16.4 Å². The van der Waals surface area contributed by atoms with Crippen molar-refractivity contribution in [2.45, 2.75) is 24.8 Å². The van der Waals surface area contributed by atoms with Gasteiger partial charge in [0.25, 0.3) is 10.0 Å². The Morgan fingerprint density at radius 1 is 1.28 bits per heavy atom. The summed E-state index contributed by atoms with van der Waals surface area (Å²) < 4.78 is 26.3. The van der Waals surface area contributed by atoms with Gasteiger partial charge in [0.05, 0.1) is 12.5 Å². The van der Waals surface area contributed by atoms with E-state index in [0.717, 1.165) is 12.8 Å². The molecule has 0 aliphatic carbocycles. The van der Waals surface area contributed by atoms with Crippen molar-refractivity contribution in [3.63, 3.8) is 0 Å². The Kier molecular flexibility index (Phi) is 3.66. The van der Waals surface area contributed by atoms with Crippen molar-refractivity contribution in [1.82, 2.24) is 9.97 Å². The minimum atomic E-state index is -3.56. The van der Waals surface area contributed by atoms with Crippen LogP contribution in [0.4, 0.5) is 5.69 Å². The van der Waals surface area contributed by atoms with E-state index in [1.165, 1.54) is 18.1 Å². The smallest absolute Gasteiger partial charge is 0.278 e. The summed E-state index contributed by atoms with van der Waals surface area (Å²) in [6.07, 6.45) is 4.67. The zero-order chi connectivity index (χ0) is 13.0. The molecule has 0 saturated heterocycles. The molecular formula is C12H15N3O2S. The number of H-pyrrole nitrogens is 1. The molecule has 1 aromatic carbocycles. The average Bonchev–Trinajstić information content (AvgIpc) is 2.86. The van der Waals surface area contributed by atoms with Crippen molar-refractivity contribution in [3.05, 3.63) is 42.4 Å². The quantitative estimate of drug-likeness (QED) is 0.870. The lowest BCUT2D eigenvalue weighted by Crippen LogP contribution is -2.13. The number of aromatic amines is 1. The number of aromatic nitrogens is 2. The fourth-order valence-corrected chi connectivity index (χ4v) is 2.59. The average molecular weight is 265 g/mol. The van der Waals surface area contributed by atoms with Gasteiger partial charge in [-0.1, -0.05) is 25.5 Å². The van der Waals surface area contributed by atoms with Gasteiger partial charge in [0.1, 0.15) is 0 Å². The van der Waals surface area contributed by atoms with Gasteiger partial charge in [-0.05, 0) is 24.1 Å². The van der Waals surface area contributed by atoms with E-state index in [1.54, 1.807) is 12.1 Å². The van der Waals surface area contributed by atoms with E-state index in [-0.39, 0.29) is 5.03 Å². The zero-order valence-electron chi connectivity index (χ0n) is 10.1. The number of anilines is 1. The maximum absolute atomic E-state index is 11.9. The molecule has 5 nitrogen and oxygen atoms in total. The summed E-state index contributed by atoms with van der Waals surface area (Å²) in [7, 11) is -3.56. The lowest BCUT2D eigenvalue weighted by Gasteiger charge is -2.06. The summed E-state index contributed by atoms with van der Waals surface area (Å²) >= 11 is 0. The predicted octanol–water partition coefficient (Wildman–Crippen LogP) is 2.16. The summed E-state index contributed by atoms with van der Waals surface area (Å²) in [5, 5.41) is 0.0557. The third-order valence-corrected chi connectivity index (χ3v) is 3.81. The molecule has 0 saturated carbocycles. The lowest BCUT2D eigenvalue weighted by atomic mass is 10.1. The van der Waals surface area contributed by atoms with Crippen molar-refractivity contribution in [2.75, 3.05) is 4.72 Å². The van der Waals surface area contributed by atoms with Gasteiger partial charge in [-0.2, -0.15) is 8.42 Å². The van der Waals surface area contributed by atoms with Crippen LogP contribution in [0.2, 0.25) is 0 Å². The minimum Gasteiger partial charge on any atom is -0.334 e. The summed E-state index contributed by atoms with van der Waals surface area (Å²) in [4.78, 5) is 6.26. The van der Waals surface area contributed by atoms with Gasteiger partial charge in [-0.3, -0.25) is 4.72 Å². The molecule has 18 heavy (non-hydrogen) atoms. The van der Waals surface area contributed by atoms with E-state index in [2.05, 4.69) is 21.6 Å². The molecule has 1 heterocycles. The molecule has 0 radical (unpaired) electrons. The molecule has 0 spiro atoms. The fraction of sp³-hybridized carbons (Fsp3) is 0.250. The Morgan fingerprint density at radius 2 is 2.00 bits per heavy atom. The van der Waals surface area contributed by atoms with Gasteiger partial charge in [-0.15, -0.1) is 0 Å². The number of sulfonamides is 1. The number of benzene rings is 1. The molecular weight excluding hydrogens is 250 g/mol. The number of nitrogens with zero attached hydrogens (tertiary/aromatic N) is 1. The number of nitrogens with one attached hydrogen (secondary N) is 2. The van der Waals surface area contributed by atoms with Crippen LogP contribution in [0.3, 0.4) is 0 Å². The second-order valence-electron chi connectivity index (χ2n) is 3.97. The monoisotopic (exact) mass is 265 g/mol. The SMILES string of the molecule is CCCc1ccc(NS(=O)(=O)c2cnc[nH]2)cc1.